The van der Waals surface area contributed by atoms with E-state index >= 15 is 0 Å². The van der Waals surface area contributed by atoms with E-state index in [2.05, 4.69) is 10.5 Å². The fourth-order valence-electron chi connectivity index (χ4n) is 4.00. The molecule has 12 heteroatoms. The lowest BCUT2D eigenvalue weighted by molar-refractivity contribution is -0.156. The van der Waals surface area contributed by atoms with Crippen molar-refractivity contribution < 1.29 is 33.8 Å². The van der Waals surface area contributed by atoms with Crippen molar-refractivity contribution in [3.63, 3.8) is 0 Å². The summed E-state index contributed by atoms with van der Waals surface area (Å²) in [6.07, 6.45) is -1.56. The number of amides is 1. The van der Waals surface area contributed by atoms with Crippen molar-refractivity contribution in [1.82, 2.24) is 20.2 Å². The molecule has 1 heterocycles. The van der Waals surface area contributed by atoms with Gasteiger partial charge in [0.25, 0.3) is 5.91 Å². The van der Waals surface area contributed by atoms with E-state index in [0.29, 0.717) is 0 Å². The highest BCUT2D eigenvalue weighted by molar-refractivity contribution is 5.97. The maximum atomic E-state index is 13.5. The maximum absolute atomic E-state index is 13.5. The Morgan fingerprint density at radius 1 is 0.955 bits per heavy atom. The van der Waals surface area contributed by atoms with Crippen LogP contribution in [0.4, 0.5) is 0 Å². The van der Waals surface area contributed by atoms with Crippen LogP contribution >= 0.6 is 0 Å². The number of aliphatic hydroxyl groups is 1. The number of carbonyl (C=O) groups excluding carboxylic acids is 4. The number of hydrogen-bond acceptors (Lipinski definition) is 10. The predicted molar refractivity (Wildman–Crippen MR) is 163 cm³/mol. The van der Waals surface area contributed by atoms with Crippen LogP contribution in [0.3, 0.4) is 0 Å². The monoisotopic (exact) mass is 607 g/mol. The molecule has 0 aliphatic rings. The van der Waals surface area contributed by atoms with E-state index < -0.39 is 42.5 Å². The van der Waals surface area contributed by atoms with Gasteiger partial charge in [0.1, 0.15) is 17.4 Å². The van der Waals surface area contributed by atoms with E-state index in [1.54, 1.807) is 13.8 Å². The molecule has 1 aromatic heterocycles. The summed E-state index contributed by atoms with van der Waals surface area (Å²) in [5, 5.41) is 16.1. The second-order valence-corrected chi connectivity index (χ2v) is 11.3. The van der Waals surface area contributed by atoms with Crippen LogP contribution < -0.4 is 11.2 Å². The molecule has 1 amide bonds. The van der Waals surface area contributed by atoms with Gasteiger partial charge in [-0.15, -0.1) is 0 Å². The van der Waals surface area contributed by atoms with E-state index in [4.69, 9.17) is 15.2 Å². The number of nitrogens with two attached hydrogens (primary N) is 1. The molecule has 12 nitrogen and oxygen atoms in total. The van der Waals surface area contributed by atoms with Crippen LogP contribution in [0.2, 0.25) is 0 Å². The van der Waals surface area contributed by atoms with Gasteiger partial charge in [-0.25, -0.2) is 14.5 Å². The standard InChI is InChI=1S/C32H41N5O7/c1-20(2)18-43-31(41)28(39)17-36(16-23-11-13-25(14-12-23)24-9-7-6-8-10-24)35-30(40)27-15-26(22(5)38)34-37(27)19-44-32(42)29(33)21(3)4/h6-15,20-21,28-29,39H,16-19,33H2,1-5H3,(H,35,40)/t28-,29+/m1/s1. The first-order valence-corrected chi connectivity index (χ1v) is 14.4. The molecule has 4 N–H and O–H groups in total. The number of carbonyl (C=O) groups is 4. The zero-order valence-electron chi connectivity index (χ0n) is 25.7. The quantitative estimate of drug-likeness (QED) is 0.133. The van der Waals surface area contributed by atoms with Crippen LogP contribution in [-0.2, 0) is 32.3 Å². The summed E-state index contributed by atoms with van der Waals surface area (Å²) in [5.74, 6) is -2.72. The number of hydrogen-bond donors (Lipinski definition) is 3. The molecule has 3 rings (SSSR count). The van der Waals surface area contributed by atoms with Gasteiger partial charge < -0.3 is 20.3 Å². The van der Waals surface area contributed by atoms with Crippen molar-refractivity contribution in [1.29, 1.82) is 0 Å². The second kappa shape index (κ2) is 15.9. The van der Waals surface area contributed by atoms with Crippen LogP contribution in [-0.4, -0.2) is 68.8 Å². The summed E-state index contributed by atoms with van der Waals surface area (Å²) in [6, 6.07) is 17.8. The number of ketones is 1. The van der Waals surface area contributed by atoms with Gasteiger partial charge in [0.15, 0.2) is 18.6 Å². The fraction of sp³-hybridized carbons (Fsp3) is 0.406. The fourth-order valence-corrected chi connectivity index (χ4v) is 4.00. The Morgan fingerprint density at radius 2 is 1.59 bits per heavy atom. The van der Waals surface area contributed by atoms with Crippen LogP contribution in [0.15, 0.2) is 60.7 Å². The number of Topliss-reactive ketones (excluding diaryl/α,β-unsaturated/α-hetero) is 1. The maximum Gasteiger partial charge on any atom is 0.336 e. The molecule has 0 saturated heterocycles. The van der Waals surface area contributed by atoms with Gasteiger partial charge in [-0.2, -0.15) is 5.10 Å². The lowest BCUT2D eigenvalue weighted by Gasteiger charge is -2.25. The first-order chi connectivity index (χ1) is 20.8. The van der Waals surface area contributed by atoms with E-state index in [1.165, 1.54) is 18.0 Å². The average Bonchev–Trinajstić information content (AvgIpc) is 3.44. The number of rotatable bonds is 15. The lowest BCUT2D eigenvalue weighted by atomic mass is 10.0. The number of hydrazine groups is 1. The molecule has 0 fully saturated rings. The number of esters is 2. The molecule has 44 heavy (non-hydrogen) atoms. The molecule has 0 unspecified atom stereocenters. The zero-order chi connectivity index (χ0) is 32.4. The zero-order valence-corrected chi connectivity index (χ0v) is 25.7. The van der Waals surface area contributed by atoms with Crippen LogP contribution in [0.1, 0.15) is 61.2 Å². The van der Waals surface area contributed by atoms with E-state index in [1.807, 2.05) is 68.4 Å². The minimum Gasteiger partial charge on any atom is -0.463 e. The SMILES string of the molecule is CC(=O)c1cc(C(=O)NN(Cc2ccc(-c3ccccc3)cc2)C[C@@H](O)C(=O)OCC(C)C)n(COC(=O)[C@@H](N)C(C)C)n1. The van der Waals surface area contributed by atoms with Gasteiger partial charge >= 0.3 is 11.9 Å². The van der Waals surface area contributed by atoms with E-state index in [0.717, 1.165) is 21.4 Å². The highest BCUT2D eigenvalue weighted by atomic mass is 16.6. The van der Waals surface area contributed by atoms with Crippen LogP contribution in [0, 0.1) is 11.8 Å². The van der Waals surface area contributed by atoms with Crippen LogP contribution in [0.5, 0.6) is 0 Å². The van der Waals surface area contributed by atoms with E-state index in [-0.39, 0.29) is 42.9 Å². The minimum atomic E-state index is -1.56. The smallest absolute Gasteiger partial charge is 0.336 e. The summed E-state index contributed by atoms with van der Waals surface area (Å²) in [4.78, 5) is 50.3. The molecule has 3 aromatic rings. The number of nitrogens with one attached hydrogen (secondary N) is 1. The Kier molecular flexibility index (Phi) is 12.3. The molecule has 0 aliphatic carbocycles. The van der Waals surface area contributed by atoms with Crippen LogP contribution in [0.25, 0.3) is 11.1 Å². The lowest BCUT2D eigenvalue weighted by Crippen LogP contribution is -2.48. The number of benzene rings is 2. The molecule has 2 atom stereocenters. The van der Waals surface area contributed by atoms with Crippen molar-refractivity contribution in [2.75, 3.05) is 13.2 Å². The molecular formula is C32H41N5O7. The Labute approximate surface area is 257 Å². The Balaban J connectivity index is 1.83. The highest BCUT2D eigenvalue weighted by Gasteiger charge is 2.26. The Hall–Kier alpha value is -4.39. The summed E-state index contributed by atoms with van der Waals surface area (Å²) in [7, 11) is 0. The van der Waals surface area contributed by atoms with Gasteiger partial charge in [-0.1, -0.05) is 82.3 Å². The first kappa shape index (κ1) is 34.1. The molecule has 0 bridgehead atoms. The molecular weight excluding hydrogens is 566 g/mol. The molecule has 2 aromatic carbocycles. The third kappa shape index (κ3) is 9.83. The third-order valence-electron chi connectivity index (χ3n) is 6.61. The topological polar surface area (TPSA) is 166 Å². The van der Waals surface area contributed by atoms with Gasteiger partial charge in [0.2, 0.25) is 0 Å². The average molecular weight is 608 g/mol. The molecule has 0 saturated carbocycles. The molecule has 0 aliphatic heterocycles. The summed E-state index contributed by atoms with van der Waals surface area (Å²) in [6.45, 7) is 8.06. The number of aliphatic hydroxyl groups excluding tert-OH is 1. The van der Waals surface area contributed by atoms with Gasteiger partial charge in [0, 0.05) is 19.5 Å². The van der Waals surface area contributed by atoms with Gasteiger partial charge in [-0.3, -0.25) is 19.8 Å². The minimum absolute atomic E-state index is 0.0142. The van der Waals surface area contributed by atoms with Gasteiger partial charge in [0.05, 0.1) is 13.2 Å². The third-order valence-corrected chi connectivity index (χ3v) is 6.61. The predicted octanol–water partition coefficient (Wildman–Crippen LogP) is 2.94. The summed E-state index contributed by atoms with van der Waals surface area (Å²) >= 11 is 0. The first-order valence-electron chi connectivity index (χ1n) is 14.4. The molecule has 0 radical (unpaired) electrons. The number of ether oxygens (including phenoxy) is 2. The van der Waals surface area contributed by atoms with Crippen molar-refractivity contribution in [2.45, 2.75) is 60.0 Å². The summed E-state index contributed by atoms with van der Waals surface area (Å²) in [5.41, 5.74) is 11.3. The highest BCUT2D eigenvalue weighted by Crippen LogP contribution is 2.20. The largest absolute Gasteiger partial charge is 0.463 e. The number of nitrogens with zero attached hydrogens (tertiary/aromatic N) is 3. The normalized spacial score (nSPS) is 12.7. The Bertz CT molecular complexity index is 1420. The second-order valence-electron chi connectivity index (χ2n) is 11.3. The summed E-state index contributed by atoms with van der Waals surface area (Å²) < 4.78 is 11.5. The Morgan fingerprint density at radius 3 is 2.18 bits per heavy atom. The van der Waals surface area contributed by atoms with E-state index in [9.17, 15) is 24.3 Å². The van der Waals surface area contributed by atoms with Crippen molar-refractivity contribution >= 4 is 23.6 Å². The molecule has 236 valence electrons. The molecule has 0 spiro atoms. The van der Waals surface area contributed by atoms with Crippen molar-refractivity contribution in [3.05, 3.63) is 77.6 Å². The van der Waals surface area contributed by atoms with Crippen molar-refractivity contribution in [3.8, 4) is 11.1 Å². The van der Waals surface area contributed by atoms with Gasteiger partial charge in [-0.05, 0) is 28.5 Å². The van der Waals surface area contributed by atoms with Crippen molar-refractivity contribution in [2.24, 2.45) is 17.6 Å². The number of aromatic nitrogens is 2.